The maximum Gasteiger partial charge on any atom is 0.199 e. The fourth-order valence-electron chi connectivity index (χ4n) is 0.0521. The molecule has 5 heteroatoms. The smallest absolute Gasteiger partial charge is 0.199 e. The molecule has 0 aromatic carbocycles. The van der Waals surface area contributed by atoms with Gasteiger partial charge in [0.1, 0.15) is 5.55 Å². The van der Waals surface area contributed by atoms with Gasteiger partial charge in [-0.15, -0.1) is 0 Å². The van der Waals surface area contributed by atoms with Crippen molar-refractivity contribution in [2.24, 2.45) is 10.9 Å². The van der Waals surface area contributed by atoms with Gasteiger partial charge in [0.05, 0.1) is 0 Å². The predicted molar refractivity (Wildman–Crippen MR) is 23.5 cm³/mol. The van der Waals surface area contributed by atoms with Crippen molar-refractivity contribution in [3.63, 3.8) is 0 Å². The van der Waals surface area contributed by atoms with Crippen LogP contribution in [0.3, 0.4) is 0 Å². The van der Waals surface area contributed by atoms with Crippen molar-refractivity contribution < 1.29 is 8.76 Å². The summed E-state index contributed by atoms with van der Waals surface area (Å²) in [4.78, 5) is 0. The quantitative estimate of drug-likeness (QED) is 0.150. The molecule has 3 N–H and O–H groups in total. The van der Waals surface area contributed by atoms with Crippen molar-refractivity contribution in [2.45, 2.75) is 0 Å². The van der Waals surface area contributed by atoms with E-state index in [-0.39, 0.29) is 0 Å². The highest BCUT2D eigenvalue weighted by Crippen LogP contribution is 1.56. The summed E-state index contributed by atoms with van der Waals surface area (Å²) in [5.74, 6) is 4.45. The van der Waals surface area contributed by atoms with Gasteiger partial charge in [-0.05, 0) is 0 Å². The first-order chi connectivity index (χ1) is 2.77. The molecule has 0 aromatic heterocycles. The molecule has 0 saturated carbocycles. The van der Waals surface area contributed by atoms with E-state index in [1.165, 1.54) is 0 Å². The second kappa shape index (κ2) is 2.80. The van der Waals surface area contributed by atoms with Crippen LogP contribution in [0.25, 0.3) is 0 Å². The zero-order chi connectivity index (χ0) is 4.99. The fourth-order valence-corrected chi connectivity index (χ4v) is 0.156. The summed E-state index contributed by atoms with van der Waals surface area (Å²) in [6.45, 7) is 0. The van der Waals surface area contributed by atoms with E-state index in [0.717, 1.165) is 5.55 Å². The minimum absolute atomic E-state index is 0.722. The molecule has 0 rings (SSSR count). The van der Waals surface area contributed by atoms with Crippen molar-refractivity contribution >= 4 is 16.6 Å². The molecule has 0 aliphatic carbocycles. The molecule has 1 unspecified atom stereocenters. The number of hydrogen-bond donors (Lipinski definition) is 2. The summed E-state index contributed by atoms with van der Waals surface area (Å²) in [5, 5.41) is 2.76. The average Bonchev–Trinajstić information content (AvgIpc) is 1.35. The second-order valence-corrected chi connectivity index (χ2v) is 1.29. The molecule has 0 fully saturated rings. The molecule has 0 heterocycles. The molecule has 6 heavy (non-hydrogen) atoms. The van der Waals surface area contributed by atoms with Crippen LogP contribution in [-0.4, -0.2) is 14.3 Å². The largest absolute Gasteiger partial charge is 0.323 e. The predicted octanol–water partition coefficient (Wildman–Crippen LogP) is -0.890. The standard InChI is InChI=1S/CH4N2O2S/c2-3-1-6(4)5/h1H,2H2,(H,4,5)/b3-1-. The van der Waals surface area contributed by atoms with E-state index in [2.05, 4.69) is 10.9 Å². The third-order valence-corrected chi connectivity index (χ3v) is 0.453. The number of hydrazone groups is 1. The maximum absolute atomic E-state index is 9.48. The third kappa shape index (κ3) is 3.58. The normalized spacial score (nSPS) is 15.5. The Hall–Kier alpha value is -0.420. The van der Waals surface area contributed by atoms with E-state index in [0.29, 0.717) is 0 Å². The zero-order valence-corrected chi connectivity index (χ0v) is 3.68. The van der Waals surface area contributed by atoms with Gasteiger partial charge in [-0.25, -0.2) is 4.21 Å². The molecule has 36 valence electrons. The van der Waals surface area contributed by atoms with Gasteiger partial charge in [0.2, 0.25) is 0 Å². The molecule has 1 atom stereocenters. The van der Waals surface area contributed by atoms with Crippen LogP contribution < -0.4 is 5.84 Å². The highest BCUT2D eigenvalue weighted by Gasteiger charge is 1.74. The Balaban J connectivity index is 3.30. The Morgan fingerprint density at radius 1 is 2.00 bits per heavy atom. The first-order valence-electron chi connectivity index (χ1n) is 1.10. The summed E-state index contributed by atoms with van der Waals surface area (Å²) >= 11 is -1.98. The van der Waals surface area contributed by atoms with Gasteiger partial charge < -0.3 is 10.4 Å². The van der Waals surface area contributed by atoms with Gasteiger partial charge in [-0.1, -0.05) is 0 Å². The monoisotopic (exact) mass is 108 g/mol. The van der Waals surface area contributed by atoms with Gasteiger partial charge >= 0.3 is 0 Å². The summed E-state index contributed by atoms with van der Waals surface area (Å²) in [7, 11) is 0. The Morgan fingerprint density at radius 3 is 2.50 bits per heavy atom. The average molecular weight is 108 g/mol. The summed E-state index contributed by atoms with van der Waals surface area (Å²) < 4.78 is 17.3. The molecular formula is CH4N2O2S. The lowest BCUT2D eigenvalue weighted by Crippen LogP contribution is -1.89. The van der Waals surface area contributed by atoms with E-state index in [1.807, 2.05) is 0 Å². The number of rotatable bonds is 1. The van der Waals surface area contributed by atoms with Crippen molar-refractivity contribution in [1.82, 2.24) is 0 Å². The fraction of sp³-hybridized carbons (Fsp3) is 0. The molecule has 0 amide bonds. The third-order valence-electron chi connectivity index (χ3n) is 0.151. The zero-order valence-electron chi connectivity index (χ0n) is 2.87. The molecule has 0 saturated heterocycles. The molecule has 0 spiro atoms. The van der Waals surface area contributed by atoms with Crippen LogP contribution in [-0.2, 0) is 11.1 Å². The molecule has 0 aliphatic rings. The van der Waals surface area contributed by atoms with E-state index >= 15 is 0 Å². The van der Waals surface area contributed by atoms with Crippen LogP contribution in [0.4, 0.5) is 0 Å². The lowest BCUT2D eigenvalue weighted by atomic mass is 11.7. The Bertz CT molecular complexity index is 79.6. The van der Waals surface area contributed by atoms with Gasteiger partial charge in [-0.2, -0.15) is 5.10 Å². The summed E-state index contributed by atoms with van der Waals surface area (Å²) in [6.07, 6.45) is 0. The molecule has 0 radical (unpaired) electrons. The SMILES string of the molecule is N/N=C\S(=O)O. The van der Waals surface area contributed by atoms with Crippen LogP contribution in [0.5, 0.6) is 0 Å². The van der Waals surface area contributed by atoms with Crippen molar-refractivity contribution in [1.29, 1.82) is 0 Å². The Morgan fingerprint density at radius 2 is 2.50 bits per heavy atom. The van der Waals surface area contributed by atoms with Crippen LogP contribution in [0.1, 0.15) is 0 Å². The van der Waals surface area contributed by atoms with Gasteiger partial charge in [0.15, 0.2) is 11.1 Å². The maximum atomic E-state index is 9.48. The van der Waals surface area contributed by atoms with Gasteiger partial charge in [0, 0.05) is 0 Å². The first kappa shape index (κ1) is 5.58. The molecular weight excluding hydrogens is 104 g/mol. The first-order valence-corrected chi connectivity index (χ1v) is 2.27. The van der Waals surface area contributed by atoms with Crippen molar-refractivity contribution in [3.05, 3.63) is 0 Å². The van der Waals surface area contributed by atoms with Crippen LogP contribution >= 0.6 is 0 Å². The van der Waals surface area contributed by atoms with Crippen LogP contribution in [0.15, 0.2) is 5.10 Å². The molecule has 0 aliphatic heterocycles. The van der Waals surface area contributed by atoms with E-state index < -0.39 is 11.1 Å². The summed E-state index contributed by atoms with van der Waals surface area (Å²) in [6, 6.07) is 0. The minimum atomic E-state index is -1.98. The van der Waals surface area contributed by atoms with Crippen molar-refractivity contribution in [2.75, 3.05) is 0 Å². The topological polar surface area (TPSA) is 75.7 Å². The highest BCUT2D eigenvalue weighted by atomic mass is 32.2. The van der Waals surface area contributed by atoms with Gasteiger partial charge in [-0.3, -0.25) is 0 Å². The minimum Gasteiger partial charge on any atom is -0.323 e. The summed E-state index contributed by atoms with van der Waals surface area (Å²) in [5.41, 5.74) is 0.722. The number of hydrogen-bond acceptors (Lipinski definition) is 3. The lowest BCUT2D eigenvalue weighted by molar-refractivity contribution is 0.578. The number of nitrogens with zero attached hydrogens (tertiary/aromatic N) is 1. The van der Waals surface area contributed by atoms with Gasteiger partial charge in [0.25, 0.3) is 0 Å². The number of nitrogens with two attached hydrogens (primary N) is 1. The molecule has 0 aromatic rings. The van der Waals surface area contributed by atoms with E-state index in [4.69, 9.17) is 4.55 Å². The van der Waals surface area contributed by atoms with E-state index in [1.54, 1.807) is 0 Å². The Labute approximate surface area is 37.3 Å². The van der Waals surface area contributed by atoms with Crippen molar-refractivity contribution in [3.8, 4) is 0 Å². The van der Waals surface area contributed by atoms with E-state index in [9.17, 15) is 4.21 Å². The Kier molecular flexibility index (Phi) is 2.60. The van der Waals surface area contributed by atoms with Crippen LogP contribution in [0, 0.1) is 0 Å². The molecule has 4 nitrogen and oxygen atoms in total. The highest BCUT2D eigenvalue weighted by molar-refractivity contribution is 7.93. The second-order valence-electron chi connectivity index (χ2n) is 0.531. The van der Waals surface area contributed by atoms with Crippen LogP contribution in [0.2, 0.25) is 0 Å². The molecule has 0 bridgehead atoms. The lowest BCUT2D eigenvalue weighted by Gasteiger charge is -1.69.